The summed E-state index contributed by atoms with van der Waals surface area (Å²) in [5.74, 6) is -0.157. The van der Waals surface area contributed by atoms with Gasteiger partial charge in [0.1, 0.15) is 29.7 Å². The van der Waals surface area contributed by atoms with Gasteiger partial charge in [-0.2, -0.15) is 13.2 Å². The highest BCUT2D eigenvalue weighted by Gasteiger charge is 2.49. The molecule has 3 fully saturated rings. The van der Waals surface area contributed by atoms with Crippen molar-refractivity contribution >= 4 is 40.0 Å². The molecule has 0 bridgehead atoms. The Morgan fingerprint density at radius 3 is 2.38 bits per heavy atom. The molecule has 0 radical (unpaired) electrons. The summed E-state index contributed by atoms with van der Waals surface area (Å²) in [6.07, 6.45) is 2.88. The molecule has 3 atom stereocenters. The molecule has 382 valence electrons. The number of carbonyl (C=O) groups excluding carboxylic acids is 3. The molecule has 0 saturated carbocycles. The van der Waals surface area contributed by atoms with Gasteiger partial charge in [0.25, 0.3) is 0 Å². The first-order valence-electron chi connectivity index (χ1n) is 25.1. The zero-order chi connectivity index (χ0) is 50.5. The van der Waals surface area contributed by atoms with Crippen LogP contribution < -0.4 is 25.8 Å². The first-order valence-corrected chi connectivity index (χ1v) is 25.1. The van der Waals surface area contributed by atoms with E-state index >= 15 is 4.39 Å². The number of hydrogen-bond acceptors (Lipinski definition) is 9. The summed E-state index contributed by atoms with van der Waals surface area (Å²) in [7, 11) is 1.61. The van der Waals surface area contributed by atoms with Gasteiger partial charge in [-0.25, -0.2) is 9.18 Å². The second kappa shape index (κ2) is 19.7. The number of halogens is 4. The smallest absolute Gasteiger partial charge is 0.395 e. The largest absolute Gasteiger partial charge is 0.497 e. The number of hydrogen-bond donors (Lipinski definition) is 2. The maximum atomic E-state index is 16.1. The maximum absolute atomic E-state index is 16.1. The number of benzene rings is 3. The van der Waals surface area contributed by atoms with Crippen molar-refractivity contribution in [3.63, 3.8) is 0 Å². The molecule has 71 heavy (non-hydrogen) atoms. The highest BCUT2D eigenvalue weighted by atomic mass is 19.4. The van der Waals surface area contributed by atoms with Gasteiger partial charge >= 0.3 is 11.9 Å². The zero-order valence-electron chi connectivity index (χ0n) is 41.4. The number of rotatable bonds is 14. The molecule has 1 unspecified atom stereocenters. The number of ether oxygens (including phenoxy) is 3. The van der Waals surface area contributed by atoms with Crippen LogP contribution in [-0.4, -0.2) is 101 Å². The minimum atomic E-state index is -4.44. The van der Waals surface area contributed by atoms with E-state index in [2.05, 4.69) is 10.6 Å². The van der Waals surface area contributed by atoms with Crippen molar-refractivity contribution in [1.29, 1.82) is 0 Å². The van der Waals surface area contributed by atoms with Crippen LogP contribution in [-0.2, 0) is 37.6 Å². The summed E-state index contributed by atoms with van der Waals surface area (Å²) < 4.78 is 80.1. The van der Waals surface area contributed by atoms with E-state index in [1.54, 1.807) is 17.7 Å². The summed E-state index contributed by atoms with van der Waals surface area (Å²) in [5, 5.41) is 5.95. The Morgan fingerprint density at radius 1 is 0.958 bits per heavy atom. The maximum Gasteiger partial charge on any atom is 0.395 e. The number of imidazole rings is 1. The monoisotopic (exact) mass is 986 g/mol. The van der Waals surface area contributed by atoms with Crippen LogP contribution in [0.2, 0.25) is 0 Å². The number of imide groups is 1. The van der Waals surface area contributed by atoms with Gasteiger partial charge in [0.2, 0.25) is 17.7 Å². The van der Waals surface area contributed by atoms with E-state index < -0.39 is 35.0 Å². The zero-order valence-corrected chi connectivity index (χ0v) is 41.4. The third kappa shape index (κ3) is 10.4. The molecule has 0 spiro atoms. The first kappa shape index (κ1) is 50.3. The Hall–Kier alpha value is -5.68. The van der Waals surface area contributed by atoms with Gasteiger partial charge in [0.05, 0.1) is 35.9 Å². The average molecular weight is 987 g/mol. The Kier molecular flexibility index (Phi) is 14.0. The van der Waals surface area contributed by atoms with E-state index in [9.17, 15) is 32.3 Å². The molecule has 3 amide bonds. The number of allylic oxidation sites excluding steroid dienone is 2. The number of carbonyl (C=O) groups is 3. The predicted octanol–water partition coefficient (Wildman–Crippen LogP) is 8.92. The topological polar surface area (TPSA) is 136 Å². The quantitative estimate of drug-likeness (QED) is 0.0938. The molecule has 3 saturated heterocycles. The molecular weight excluding hydrogens is 921 g/mol. The van der Waals surface area contributed by atoms with E-state index in [1.807, 2.05) is 72.2 Å². The van der Waals surface area contributed by atoms with Crippen LogP contribution in [0.1, 0.15) is 115 Å². The summed E-state index contributed by atoms with van der Waals surface area (Å²) in [6.45, 7) is 9.05. The Morgan fingerprint density at radius 2 is 1.72 bits per heavy atom. The SMILES string of the molecule is COc1ccc([C@]2(CCN(Cc3ccc(C4=CC[C@@H](C(=O)N5CCC(Nc6ccc7c8c6OCCn8c(=O)n7C6CCC(=O)NC6=O)CC5)CC4)c(F)c3)CC(C)(C)C(F)(F)F)CCOC(C)(C)C2)cc1. The van der Waals surface area contributed by atoms with Gasteiger partial charge in [-0.3, -0.25) is 33.7 Å². The minimum absolute atomic E-state index is 0.0399. The average Bonchev–Trinajstić information content (AvgIpc) is 3.62. The number of nitrogens with zero attached hydrogens (tertiary/aromatic N) is 4. The molecule has 1 aliphatic carbocycles. The lowest BCUT2D eigenvalue weighted by atomic mass is 9.67. The lowest BCUT2D eigenvalue weighted by molar-refractivity contribution is -0.217. The van der Waals surface area contributed by atoms with Crippen LogP contribution in [0.4, 0.5) is 23.2 Å². The number of amides is 3. The van der Waals surface area contributed by atoms with Crippen molar-refractivity contribution in [3.8, 4) is 11.5 Å². The molecule has 4 aliphatic heterocycles. The highest BCUT2D eigenvalue weighted by molar-refractivity contribution is 6.00. The predicted molar refractivity (Wildman–Crippen MR) is 262 cm³/mol. The van der Waals surface area contributed by atoms with Gasteiger partial charge < -0.3 is 24.4 Å². The summed E-state index contributed by atoms with van der Waals surface area (Å²) in [5.41, 5.74) is 1.78. The van der Waals surface area contributed by atoms with E-state index in [-0.39, 0.29) is 67.4 Å². The second-order valence-electron chi connectivity index (χ2n) is 21.6. The van der Waals surface area contributed by atoms with Crippen molar-refractivity contribution in [1.82, 2.24) is 24.3 Å². The highest BCUT2D eigenvalue weighted by Crippen LogP contribution is 2.46. The number of alkyl halides is 3. The summed E-state index contributed by atoms with van der Waals surface area (Å²) in [6, 6.07) is 15.8. The van der Waals surface area contributed by atoms with Gasteiger partial charge in [0, 0.05) is 62.1 Å². The fraction of sp³-hybridized carbons (Fsp3) is 0.556. The van der Waals surface area contributed by atoms with Crippen LogP contribution in [0.25, 0.3) is 16.6 Å². The summed E-state index contributed by atoms with van der Waals surface area (Å²) >= 11 is 0. The molecule has 3 aromatic carbocycles. The van der Waals surface area contributed by atoms with E-state index in [4.69, 9.17) is 14.2 Å². The van der Waals surface area contributed by atoms with Crippen LogP contribution in [0, 0.1) is 17.2 Å². The lowest BCUT2D eigenvalue weighted by Crippen LogP contribution is -2.47. The Bertz CT molecular complexity index is 2760. The third-order valence-corrected chi connectivity index (χ3v) is 15.7. The number of methoxy groups -OCH3 is 1. The van der Waals surface area contributed by atoms with Crippen LogP contribution in [0.5, 0.6) is 11.5 Å². The van der Waals surface area contributed by atoms with Gasteiger partial charge in [-0.05, 0) is 139 Å². The molecule has 2 N–H and O–H groups in total. The number of nitrogens with one attached hydrogen (secondary N) is 2. The van der Waals surface area contributed by atoms with Crippen LogP contribution >= 0.6 is 0 Å². The standard InChI is InChI=1S/C54H66F4N6O7/c1-51(2,54(56,57)58)33-61(26-22-53(23-28-71-52(3,4)32-53)37-11-13-39(69-5)14-12-37)31-34-6-15-40(41(55)30-34)35-7-9-36(10-8-35)49(67)62-24-20-38(21-25-62)59-42-16-17-43-46-47(42)70-29-27-63(46)50(68)64(43)44-18-19-45(65)60-48(44)66/h6-7,11-17,30,36,38,44,59H,8-10,18-29,31-33H2,1-5H3,(H,60,65,66)/t36-,44?,53-/m1/s1. The van der Waals surface area contributed by atoms with Crippen molar-refractivity contribution in [2.75, 3.05) is 51.8 Å². The van der Waals surface area contributed by atoms with Gasteiger partial charge in [-0.1, -0.05) is 30.3 Å². The molecule has 9 rings (SSSR count). The number of aromatic nitrogens is 2. The van der Waals surface area contributed by atoms with Crippen molar-refractivity contribution in [2.45, 2.75) is 134 Å². The number of anilines is 1. The fourth-order valence-corrected chi connectivity index (χ4v) is 11.7. The first-order chi connectivity index (χ1) is 33.7. The van der Waals surface area contributed by atoms with Crippen LogP contribution in [0.3, 0.4) is 0 Å². The van der Waals surface area contributed by atoms with Crippen molar-refractivity contribution in [3.05, 3.63) is 93.7 Å². The fourth-order valence-electron chi connectivity index (χ4n) is 11.7. The number of piperidine rings is 2. The molecule has 5 heterocycles. The molecule has 13 nitrogen and oxygen atoms in total. The normalized spacial score (nSPS) is 23.1. The van der Waals surface area contributed by atoms with E-state index in [1.165, 1.54) is 24.5 Å². The molecule has 5 aliphatic rings. The second-order valence-corrected chi connectivity index (χ2v) is 21.6. The molecular formula is C54H66F4N6O7. The molecule has 4 aromatic rings. The molecule has 1 aromatic heterocycles. The molecule has 17 heteroatoms. The lowest BCUT2D eigenvalue weighted by Gasteiger charge is -2.46. The van der Waals surface area contributed by atoms with Gasteiger partial charge in [0.15, 0.2) is 5.75 Å². The Balaban J connectivity index is 0.825. The Labute approximate surface area is 411 Å². The number of likely N-dealkylation sites (tertiary alicyclic amines) is 1. The van der Waals surface area contributed by atoms with Gasteiger partial charge in [-0.15, -0.1) is 0 Å². The van der Waals surface area contributed by atoms with Crippen molar-refractivity contribution in [2.24, 2.45) is 11.3 Å². The third-order valence-electron chi connectivity index (χ3n) is 15.7. The van der Waals surface area contributed by atoms with E-state index in [0.717, 1.165) is 29.0 Å². The van der Waals surface area contributed by atoms with E-state index in [0.29, 0.717) is 106 Å². The van der Waals surface area contributed by atoms with Crippen molar-refractivity contribution < 1.29 is 46.2 Å². The van der Waals surface area contributed by atoms with Crippen LogP contribution in [0.15, 0.2) is 65.5 Å². The minimum Gasteiger partial charge on any atom is -0.497 e. The summed E-state index contributed by atoms with van der Waals surface area (Å²) in [4.78, 5) is 55.8.